The van der Waals surface area contributed by atoms with Crippen LogP contribution in [-0.2, 0) is 16.1 Å². The first kappa shape index (κ1) is 20.6. The molecule has 2 aromatic carbocycles. The predicted octanol–water partition coefficient (Wildman–Crippen LogP) is 4.55. The minimum absolute atomic E-state index is 0.0222. The van der Waals surface area contributed by atoms with Crippen molar-refractivity contribution in [3.63, 3.8) is 0 Å². The van der Waals surface area contributed by atoms with Crippen LogP contribution in [0.15, 0.2) is 73.0 Å². The van der Waals surface area contributed by atoms with E-state index in [2.05, 4.69) is 11.9 Å². The molecule has 1 heterocycles. The highest BCUT2D eigenvalue weighted by molar-refractivity contribution is 6.11. The van der Waals surface area contributed by atoms with E-state index in [4.69, 9.17) is 4.74 Å². The zero-order valence-electron chi connectivity index (χ0n) is 16.6. The van der Waals surface area contributed by atoms with Gasteiger partial charge < -0.3 is 14.6 Å². The van der Waals surface area contributed by atoms with E-state index < -0.39 is 11.9 Å². The first-order valence-electron chi connectivity index (χ1n) is 9.46. The van der Waals surface area contributed by atoms with Gasteiger partial charge in [-0.2, -0.15) is 5.26 Å². The number of hydrogen-bond donors (Lipinski definition) is 1. The Kier molecular flexibility index (Phi) is 6.46. The van der Waals surface area contributed by atoms with E-state index in [0.717, 1.165) is 16.5 Å². The van der Waals surface area contributed by atoms with Crippen molar-refractivity contribution in [2.45, 2.75) is 13.5 Å². The molecule has 0 aliphatic carbocycles. The van der Waals surface area contributed by atoms with Gasteiger partial charge in [0.05, 0.1) is 12.2 Å². The van der Waals surface area contributed by atoms with Crippen LogP contribution in [-0.4, -0.2) is 23.1 Å². The van der Waals surface area contributed by atoms with E-state index in [1.807, 2.05) is 41.1 Å². The first-order valence-corrected chi connectivity index (χ1v) is 9.46. The Hall–Kier alpha value is -4.11. The van der Waals surface area contributed by atoms with E-state index in [1.54, 1.807) is 43.3 Å². The van der Waals surface area contributed by atoms with Gasteiger partial charge in [-0.3, -0.25) is 4.79 Å². The fraction of sp³-hybridized carbons (Fsp3) is 0.125. The van der Waals surface area contributed by atoms with Crippen molar-refractivity contribution in [2.75, 3.05) is 11.9 Å². The number of nitrogens with one attached hydrogen (secondary N) is 1. The molecule has 1 N–H and O–H groups in total. The van der Waals surface area contributed by atoms with E-state index in [1.165, 1.54) is 0 Å². The topological polar surface area (TPSA) is 84.1 Å². The molecular formula is C24H21N3O3. The molecule has 0 bridgehead atoms. The summed E-state index contributed by atoms with van der Waals surface area (Å²) in [6.45, 7) is 6.41. The van der Waals surface area contributed by atoms with Crippen molar-refractivity contribution in [3.05, 3.63) is 84.1 Å². The lowest BCUT2D eigenvalue weighted by molar-refractivity contribution is -0.112. The molecule has 1 amide bonds. The minimum atomic E-state index is -0.526. The molecule has 0 fully saturated rings. The van der Waals surface area contributed by atoms with Crippen LogP contribution in [0.1, 0.15) is 22.8 Å². The maximum atomic E-state index is 12.6. The summed E-state index contributed by atoms with van der Waals surface area (Å²) in [5.41, 5.74) is 2.61. The Morgan fingerprint density at radius 2 is 1.93 bits per heavy atom. The molecule has 6 heteroatoms. The van der Waals surface area contributed by atoms with E-state index >= 15 is 0 Å². The normalized spacial score (nSPS) is 11.0. The molecule has 0 atom stereocenters. The number of ether oxygens (including phenoxy) is 1. The number of amides is 1. The molecule has 3 rings (SSSR count). The third-order valence-corrected chi connectivity index (χ3v) is 4.46. The zero-order chi connectivity index (χ0) is 21.5. The minimum Gasteiger partial charge on any atom is -0.462 e. The highest BCUT2D eigenvalue weighted by Gasteiger charge is 2.13. The summed E-state index contributed by atoms with van der Waals surface area (Å²) in [6, 6.07) is 16.1. The second kappa shape index (κ2) is 9.39. The molecule has 0 saturated heterocycles. The van der Waals surface area contributed by atoms with E-state index in [9.17, 15) is 14.9 Å². The third-order valence-electron chi connectivity index (χ3n) is 4.46. The number of rotatable bonds is 7. The number of carbonyl (C=O) groups is 2. The Bertz CT molecular complexity index is 1160. The van der Waals surface area contributed by atoms with Gasteiger partial charge in [0.25, 0.3) is 5.91 Å². The third kappa shape index (κ3) is 4.47. The zero-order valence-corrected chi connectivity index (χ0v) is 16.6. The second-order valence-electron chi connectivity index (χ2n) is 6.46. The number of nitriles is 1. The lowest BCUT2D eigenvalue weighted by Crippen LogP contribution is -2.13. The predicted molar refractivity (Wildman–Crippen MR) is 117 cm³/mol. The molecule has 6 nitrogen and oxygen atoms in total. The molecule has 0 radical (unpaired) electrons. The molecule has 1 aromatic heterocycles. The molecular weight excluding hydrogens is 378 g/mol. The van der Waals surface area contributed by atoms with Crippen molar-refractivity contribution >= 4 is 34.5 Å². The van der Waals surface area contributed by atoms with Gasteiger partial charge in [-0.25, -0.2) is 4.79 Å². The standard InChI is InChI=1S/C24H21N3O3/c1-3-13-27-16-19(21-7-5-6-8-22(21)27)14-18(15-25)23(28)26-20-11-9-17(10-12-20)24(29)30-4-2/h3,5-12,14,16H,1,4,13H2,2H3,(H,26,28)/b18-14+. The van der Waals surface area contributed by atoms with Crippen molar-refractivity contribution in [2.24, 2.45) is 0 Å². The Labute approximate surface area is 174 Å². The summed E-state index contributed by atoms with van der Waals surface area (Å²) in [4.78, 5) is 24.3. The summed E-state index contributed by atoms with van der Waals surface area (Å²) in [5.74, 6) is -0.953. The number of para-hydroxylation sites is 1. The van der Waals surface area contributed by atoms with Crippen LogP contribution in [0, 0.1) is 11.3 Å². The number of anilines is 1. The van der Waals surface area contributed by atoms with Crippen LogP contribution in [0.2, 0.25) is 0 Å². The molecule has 0 aliphatic rings. The van der Waals surface area contributed by atoms with Gasteiger partial charge in [-0.05, 0) is 43.3 Å². The molecule has 3 aromatic rings. The molecule has 150 valence electrons. The molecule has 0 unspecified atom stereocenters. The molecule has 0 aliphatic heterocycles. The summed E-state index contributed by atoms with van der Waals surface area (Å²) in [6.07, 6.45) is 5.26. The SMILES string of the molecule is C=CCn1cc(/C=C(\C#N)C(=O)Nc2ccc(C(=O)OCC)cc2)c2ccccc21. The number of aromatic nitrogens is 1. The lowest BCUT2D eigenvalue weighted by atomic mass is 10.1. The summed E-state index contributed by atoms with van der Waals surface area (Å²) in [7, 11) is 0. The van der Waals surface area contributed by atoms with Crippen LogP contribution < -0.4 is 5.32 Å². The maximum Gasteiger partial charge on any atom is 0.338 e. The maximum absolute atomic E-state index is 12.6. The van der Waals surface area contributed by atoms with Gasteiger partial charge in [-0.15, -0.1) is 6.58 Å². The van der Waals surface area contributed by atoms with Crippen LogP contribution >= 0.6 is 0 Å². The number of allylic oxidation sites excluding steroid dienone is 1. The first-order chi connectivity index (χ1) is 14.6. The van der Waals surface area contributed by atoms with Crippen molar-refractivity contribution in [1.82, 2.24) is 4.57 Å². The average molecular weight is 399 g/mol. The van der Waals surface area contributed by atoms with Crippen molar-refractivity contribution in [1.29, 1.82) is 5.26 Å². The highest BCUT2D eigenvalue weighted by Crippen LogP contribution is 2.24. The number of hydrogen-bond acceptors (Lipinski definition) is 4. The Balaban J connectivity index is 1.84. The van der Waals surface area contributed by atoms with E-state index in [0.29, 0.717) is 17.8 Å². The highest BCUT2D eigenvalue weighted by atomic mass is 16.5. The number of benzene rings is 2. The average Bonchev–Trinajstić information content (AvgIpc) is 3.10. The van der Waals surface area contributed by atoms with Crippen LogP contribution in [0.25, 0.3) is 17.0 Å². The second-order valence-corrected chi connectivity index (χ2v) is 6.46. The smallest absolute Gasteiger partial charge is 0.338 e. The van der Waals surface area contributed by atoms with Gasteiger partial charge in [-0.1, -0.05) is 24.3 Å². The summed E-state index contributed by atoms with van der Waals surface area (Å²) >= 11 is 0. The van der Waals surface area contributed by atoms with Gasteiger partial charge in [0.2, 0.25) is 0 Å². The Morgan fingerprint density at radius 1 is 1.20 bits per heavy atom. The van der Waals surface area contributed by atoms with E-state index in [-0.39, 0.29) is 12.2 Å². The van der Waals surface area contributed by atoms with Crippen molar-refractivity contribution in [3.8, 4) is 6.07 Å². The fourth-order valence-electron chi connectivity index (χ4n) is 3.09. The van der Waals surface area contributed by atoms with Crippen LogP contribution in [0.5, 0.6) is 0 Å². The lowest BCUT2D eigenvalue weighted by Gasteiger charge is -2.06. The molecule has 0 spiro atoms. The molecule has 30 heavy (non-hydrogen) atoms. The van der Waals surface area contributed by atoms with Gasteiger partial charge >= 0.3 is 5.97 Å². The van der Waals surface area contributed by atoms with Gasteiger partial charge in [0, 0.05) is 34.9 Å². The monoisotopic (exact) mass is 399 g/mol. The van der Waals surface area contributed by atoms with Gasteiger partial charge in [0.15, 0.2) is 0 Å². The number of esters is 1. The quantitative estimate of drug-likeness (QED) is 0.273. The van der Waals surface area contributed by atoms with Crippen LogP contribution in [0.3, 0.4) is 0 Å². The largest absolute Gasteiger partial charge is 0.462 e. The molecule has 0 saturated carbocycles. The number of carbonyl (C=O) groups excluding carboxylic acids is 2. The Morgan fingerprint density at radius 3 is 2.60 bits per heavy atom. The van der Waals surface area contributed by atoms with Gasteiger partial charge in [0.1, 0.15) is 11.6 Å². The summed E-state index contributed by atoms with van der Waals surface area (Å²) < 4.78 is 6.95. The fourth-order valence-corrected chi connectivity index (χ4v) is 3.09. The number of fused-ring (bicyclic) bond motifs is 1. The number of nitrogens with zero attached hydrogens (tertiary/aromatic N) is 2. The van der Waals surface area contributed by atoms with Crippen molar-refractivity contribution < 1.29 is 14.3 Å². The summed E-state index contributed by atoms with van der Waals surface area (Å²) in [5, 5.41) is 13.2. The van der Waals surface area contributed by atoms with Crippen LogP contribution in [0.4, 0.5) is 5.69 Å².